The van der Waals surface area contributed by atoms with E-state index in [2.05, 4.69) is 15.6 Å². The predicted octanol–water partition coefficient (Wildman–Crippen LogP) is 4.51. The molecule has 0 unspecified atom stereocenters. The van der Waals surface area contributed by atoms with Crippen LogP contribution >= 0.6 is 11.3 Å². The number of carbonyl (C=O) groups excluding carboxylic acids is 2. The Morgan fingerprint density at radius 2 is 1.97 bits per heavy atom. The summed E-state index contributed by atoms with van der Waals surface area (Å²) in [5, 5.41) is 6.80. The number of amides is 2. The van der Waals surface area contributed by atoms with Gasteiger partial charge in [-0.15, -0.1) is 11.3 Å². The van der Waals surface area contributed by atoms with E-state index in [0.29, 0.717) is 17.3 Å². The van der Waals surface area contributed by atoms with E-state index in [1.165, 1.54) is 6.92 Å². The third-order valence-corrected chi connectivity index (χ3v) is 6.10. The van der Waals surface area contributed by atoms with Crippen LogP contribution in [0.3, 0.4) is 0 Å². The molecule has 1 saturated carbocycles. The van der Waals surface area contributed by atoms with Crippen molar-refractivity contribution in [1.82, 2.24) is 10.3 Å². The summed E-state index contributed by atoms with van der Waals surface area (Å²) in [5.41, 5.74) is 8.42. The zero-order valence-corrected chi connectivity index (χ0v) is 17.8. The molecule has 0 atom stereocenters. The average molecular weight is 417 g/mol. The van der Waals surface area contributed by atoms with Crippen molar-refractivity contribution in [3.05, 3.63) is 29.4 Å². The van der Waals surface area contributed by atoms with Crippen molar-refractivity contribution in [2.45, 2.75) is 64.5 Å². The Kier molecular flexibility index (Phi) is 6.74. The van der Waals surface area contributed by atoms with E-state index in [4.69, 9.17) is 10.5 Å². The van der Waals surface area contributed by atoms with E-state index in [1.807, 2.05) is 32.2 Å². The number of nitrogen functional groups attached to an aromatic ring is 1. The molecule has 29 heavy (non-hydrogen) atoms. The second-order valence-electron chi connectivity index (χ2n) is 7.69. The third kappa shape index (κ3) is 5.69. The van der Waals surface area contributed by atoms with Crippen LogP contribution in [0.2, 0.25) is 0 Å². The van der Waals surface area contributed by atoms with Gasteiger partial charge in [-0.3, -0.25) is 4.79 Å². The number of carbonyl (C=O) groups is 2. The number of nitrogens with zero attached hydrogens (tertiary/aromatic N) is 1. The largest absolute Gasteiger partial charge is 0.447 e. The first-order valence-corrected chi connectivity index (χ1v) is 10.7. The number of ether oxygens (including phenoxy) is 1. The number of hydrogen-bond acceptors (Lipinski definition) is 6. The lowest BCUT2D eigenvalue weighted by Gasteiger charge is -2.28. The van der Waals surface area contributed by atoms with Crippen molar-refractivity contribution in [2.24, 2.45) is 0 Å². The average Bonchev–Trinajstić information content (AvgIpc) is 3.11. The van der Waals surface area contributed by atoms with Crippen LogP contribution in [0.5, 0.6) is 0 Å². The molecule has 2 aromatic rings. The Bertz CT molecular complexity index is 873. The number of thiazole rings is 1. The van der Waals surface area contributed by atoms with Gasteiger partial charge in [0.25, 0.3) is 0 Å². The molecule has 0 saturated heterocycles. The van der Waals surface area contributed by atoms with Crippen molar-refractivity contribution < 1.29 is 14.3 Å². The van der Waals surface area contributed by atoms with Crippen LogP contribution in [-0.4, -0.2) is 29.1 Å². The molecule has 0 aliphatic heterocycles. The fraction of sp³-hybridized carbons (Fsp3) is 0.476. The quantitative estimate of drug-likeness (QED) is 0.622. The van der Waals surface area contributed by atoms with Crippen LogP contribution < -0.4 is 16.4 Å². The summed E-state index contributed by atoms with van der Waals surface area (Å²) >= 11 is 1.66. The van der Waals surface area contributed by atoms with Crippen LogP contribution in [0.1, 0.15) is 57.4 Å². The van der Waals surface area contributed by atoms with E-state index in [0.717, 1.165) is 41.1 Å². The molecule has 1 aromatic carbocycles. The summed E-state index contributed by atoms with van der Waals surface area (Å²) in [6.45, 7) is 5.16. The monoisotopic (exact) mass is 416 g/mol. The van der Waals surface area contributed by atoms with E-state index < -0.39 is 0 Å². The number of alkyl carbamates (subject to hydrolysis) is 1. The van der Waals surface area contributed by atoms with Crippen molar-refractivity contribution in [3.8, 4) is 10.4 Å². The van der Waals surface area contributed by atoms with Crippen molar-refractivity contribution in [1.29, 1.82) is 0 Å². The van der Waals surface area contributed by atoms with Crippen LogP contribution in [-0.2, 0) is 9.53 Å². The summed E-state index contributed by atoms with van der Waals surface area (Å²) in [6, 6.07) is 5.69. The van der Waals surface area contributed by atoms with E-state index in [-0.39, 0.29) is 24.1 Å². The molecule has 1 aliphatic carbocycles. The lowest BCUT2D eigenvalue weighted by molar-refractivity contribution is -0.114. The zero-order chi connectivity index (χ0) is 21.0. The molecule has 1 aromatic heterocycles. The molecule has 7 nitrogen and oxygen atoms in total. The first-order chi connectivity index (χ1) is 13.8. The highest BCUT2D eigenvalue weighted by atomic mass is 32.1. The van der Waals surface area contributed by atoms with Crippen LogP contribution in [0, 0.1) is 0 Å². The van der Waals surface area contributed by atoms with Crippen LogP contribution in [0.25, 0.3) is 10.4 Å². The maximum atomic E-state index is 11.8. The molecule has 1 aliphatic rings. The highest BCUT2D eigenvalue weighted by Crippen LogP contribution is 2.39. The van der Waals surface area contributed by atoms with Gasteiger partial charge in [0.15, 0.2) is 0 Å². The van der Waals surface area contributed by atoms with E-state index in [1.54, 1.807) is 17.4 Å². The number of nitrogens with two attached hydrogens (primary N) is 1. The summed E-state index contributed by atoms with van der Waals surface area (Å²) in [5.74, 6) is 0.271. The minimum atomic E-state index is -0.335. The molecule has 0 spiro atoms. The normalized spacial score (nSPS) is 19.0. The fourth-order valence-electron chi connectivity index (χ4n) is 3.57. The minimum Gasteiger partial charge on any atom is -0.447 e. The number of benzene rings is 1. The van der Waals surface area contributed by atoms with Gasteiger partial charge in [0.1, 0.15) is 0 Å². The second kappa shape index (κ2) is 9.26. The first-order valence-electron chi connectivity index (χ1n) is 9.92. The Morgan fingerprint density at radius 1 is 1.24 bits per heavy atom. The molecule has 0 bridgehead atoms. The highest BCUT2D eigenvalue weighted by Gasteiger charge is 2.26. The molecular weight excluding hydrogens is 388 g/mol. The summed E-state index contributed by atoms with van der Waals surface area (Å²) < 4.78 is 5.16. The topological polar surface area (TPSA) is 106 Å². The Morgan fingerprint density at radius 3 is 2.59 bits per heavy atom. The summed E-state index contributed by atoms with van der Waals surface area (Å²) in [4.78, 5) is 28.6. The standard InChI is InChI=1S/C21H28N4O3S/c1-12(2)28-21(27)25-15-6-4-14(5-7-15)20-23-11-19(29-20)17-9-8-16(10-18(17)22)24-13(3)26/h8-12,14-15H,4-7,22H2,1-3H3,(H,24,26)(H,25,27)/t14-,15-. The molecule has 3 rings (SSSR count). The first kappa shape index (κ1) is 21.1. The molecule has 4 N–H and O–H groups in total. The number of anilines is 2. The smallest absolute Gasteiger partial charge is 0.407 e. The molecule has 8 heteroatoms. The van der Waals surface area contributed by atoms with E-state index >= 15 is 0 Å². The molecule has 156 valence electrons. The third-order valence-electron chi connectivity index (χ3n) is 4.90. The van der Waals surface area contributed by atoms with Gasteiger partial charge in [-0.1, -0.05) is 0 Å². The highest BCUT2D eigenvalue weighted by molar-refractivity contribution is 7.15. The van der Waals surface area contributed by atoms with Gasteiger partial charge in [-0.25, -0.2) is 9.78 Å². The van der Waals surface area contributed by atoms with E-state index in [9.17, 15) is 9.59 Å². The number of hydrogen-bond donors (Lipinski definition) is 3. The molecular formula is C21H28N4O3S. The Labute approximate surface area is 175 Å². The molecule has 2 amide bonds. The number of aromatic nitrogens is 1. The lowest BCUT2D eigenvalue weighted by Crippen LogP contribution is -2.38. The van der Waals surface area contributed by atoms with Crippen molar-refractivity contribution in [3.63, 3.8) is 0 Å². The predicted molar refractivity (Wildman–Crippen MR) is 116 cm³/mol. The molecule has 1 heterocycles. The maximum Gasteiger partial charge on any atom is 0.407 e. The second-order valence-corrected chi connectivity index (χ2v) is 8.76. The molecule has 0 radical (unpaired) electrons. The number of rotatable bonds is 5. The number of nitrogens with one attached hydrogen (secondary N) is 2. The van der Waals surface area contributed by atoms with Crippen LogP contribution in [0.15, 0.2) is 24.4 Å². The fourth-order valence-corrected chi connectivity index (χ4v) is 4.70. The molecule has 1 fully saturated rings. The summed E-state index contributed by atoms with van der Waals surface area (Å²) in [7, 11) is 0. The van der Waals surface area contributed by atoms with Gasteiger partial charge in [0, 0.05) is 42.0 Å². The SMILES string of the molecule is CC(=O)Nc1ccc(-c2cnc([C@H]3CC[C@H](NC(=O)OC(C)C)CC3)s2)c(N)c1. The minimum absolute atomic E-state index is 0.111. The van der Waals surface area contributed by atoms with Gasteiger partial charge < -0.3 is 21.1 Å². The van der Waals surface area contributed by atoms with Gasteiger partial charge >= 0.3 is 6.09 Å². The van der Waals surface area contributed by atoms with Crippen molar-refractivity contribution in [2.75, 3.05) is 11.1 Å². The lowest BCUT2D eigenvalue weighted by atomic mass is 9.86. The van der Waals surface area contributed by atoms with Crippen molar-refractivity contribution >= 4 is 34.7 Å². The van der Waals surface area contributed by atoms with Gasteiger partial charge in [0.05, 0.1) is 16.0 Å². The van der Waals surface area contributed by atoms with Gasteiger partial charge in [-0.05, 0) is 57.7 Å². The summed E-state index contributed by atoms with van der Waals surface area (Å²) in [6.07, 6.45) is 5.22. The van der Waals surface area contributed by atoms with Gasteiger partial charge in [-0.2, -0.15) is 0 Å². The Hall–Kier alpha value is -2.61. The Balaban J connectivity index is 1.60. The zero-order valence-electron chi connectivity index (χ0n) is 17.0. The van der Waals surface area contributed by atoms with Gasteiger partial charge in [0.2, 0.25) is 5.91 Å². The van der Waals surface area contributed by atoms with Crippen LogP contribution in [0.4, 0.5) is 16.2 Å². The maximum absolute atomic E-state index is 11.8.